The summed E-state index contributed by atoms with van der Waals surface area (Å²) in [6.07, 6.45) is 0.727. The number of hydrogen-bond donors (Lipinski definition) is 2. The molecule has 1 unspecified atom stereocenters. The molecule has 0 spiro atoms. The zero-order chi connectivity index (χ0) is 22.2. The van der Waals surface area contributed by atoms with Crippen LogP contribution in [0.1, 0.15) is 22.6 Å². The molecule has 2 aliphatic heterocycles. The van der Waals surface area contributed by atoms with Crippen molar-refractivity contribution in [3.63, 3.8) is 0 Å². The summed E-state index contributed by atoms with van der Waals surface area (Å²) < 4.78 is 10.8. The molecule has 10 heteroatoms. The number of nitrogens with one attached hydrogen (secondary N) is 2. The van der Waals surface area contributed by atoms with Crippen LogP contribution in [0, 0.1) is 6.92 Å². The molecule has 2 aliphatic rings. The summed E-state index contributed by atoms with van der Waals surface area (Å²) in [6.45, 7) is 2.16. The highest BCUT2D eigenvalue weighted by Gasteiger charge is 2.29. The standard InChI is InChI=1S/C22H18ClN3O4S2/c1-11-18(7-12-2-4-15-16(6-12)30-10-29-15)32-22(24-11)26-20(27)9-19-21(28)25-14-8-13(23)3-5-17(14)31-19/h2-6,8,19H,7,9-10H2,1H3,(H,25,28)(H,24,26,27). The van der Waals surface area contributed by atoms with Crippen molar-refractivity contribution < 1.29 is 19.1 Å². The van der Waals surface area contributed by atoms with Crippen molar-refractivity contribution in [2.45, 2.75) is 29.9 Å². The van der Waals surface area contributed by atoms with Crippen LogP contribution in [0.4, 0.5) is 10.8 Å². The van der Waals surface area contributed by atoms with E-state index < -0.39 is 5.25 Å². The number of aromatic nitrogens is 1. The smallest absolute Gasteiger partial charge is 0.238 e. The Bertz CT molecular complexity index is 1230. The molecule has 5 rings (SSSR count). The van der Waals surface area contributed by atoms with Gasteiger partial charge < -0.3 is 20.1 Å². The van der Waals surface area contributed by atoms with E-state index in [1.807, 2.05) is 31.2 Å². The first kappa shape index (κ1) is 21.1. The fraction of sp³-hybridized carbons (Fsp3) is 0.227. The van der Waals surface area contributed by atoms with Gasteiger partial charge in [0, 0.05) is 27.6 Å². The van der Waals surface area contributed by atoms with Crippen molar-refractivity contribution in [2.24, 2.45) is 0 Å². The molecule has 3 heterocycles. The number of fused-ring (bicyclic) bond motifs is 2. The number of aryl methyl sites for hydroxylation is 1. The van der Waals surface area contributed by atoms with Crippen LogP contribution in [0.3, 0.4) is 0 Å². The fourth-order valence-electron chi connectivity index (χ4n) is 3.48. The molecule has 0 radical (unpaired) electrons. The highest BCUT2D eigenvalue weighted by molar-refractivity contribution is 8.01. The number of thiazole rings is 1. The molecule has 0 saturated carbocycles. The van der Waals surface area contributed by atoms with Crippen molar-refractivity contribution in [3.05, 3.63) is 57.6 Å². The average Bonchev–Trinajstić information content (AvgIpc) is 3.34. The molecule has 2 aromatic carbocycles. The zero-order valence-electron chi connectivity index (χ0n) is 16.9. The van der Waals surface area contributed by atoms with Crippen LogP contribution in [0.15, 0.2) is 41.3 Å². The van der Waals surface area contributed by atoms with Gasteiger partial charge in [-0.15, -0.1) is 23.1 Å². The Labute approximate surface area is 197 Å². The number of ether oxygens (including phenoxy) is 2. The van der Waals surface area contributed by atoms with Gasteiger partial charge >= 0.3 is 0 Å². The lowest BCUT2D eigenvalue weighted by Crippen LogP contribution is -2.32. The van der Waals surface area contributed by atoms with Crippen LogP contribution in [-0.2, 0) is 16.0 Å². The molecular weight excluding hydrogens is 470 g/mol. The summed E-state index contributed by atoms with van der Waals surface area (Å²) in [5, 5.41) is 6.22. The van der Waals surface area contributed by atoms with E-state index in [-0.39, 0.29) is 25.0 Å². The number of hydrogen-bond acceptors (Lipinski definition) is 7. The molecule has 0 aliphatic carbocycles. The first-order valence-corrected chi connectivity index (χ1v) is 11.9. The molecular formula is C22H18ClN3O4S2. The fourth-order valence-corrected chi connectivity index (χ4v) is 5.75. The number of carbonyl (C=O) groups is 2. The Balaban J connectivity index is 1.22. The summed E-state index contributed by atoms with van der Waals surface area (Å²) in [7, 11) is 0. The van der Waals surface area contributed by atoms with E-state index in [0.717, 1.165) is 32.5 Å². The molecule has 2 N–H and O–H groups in total. The van der Waals surface area contributed by atoms with Gasteiger partial charge in [-0.05, 0) is 42.8 Å². The Morgan fingerprint density at radius 2 is 2.09 bits per heavy atom. The third kappa shape index (κ3) is 4.41. The van der Waals surface area contributed by atoms with Crippen molar-refractivity contribution in [1.29, 1.82) is 0 Å². The van der Waals surface area contributed by atoms with E-state index in [2.05, 4.69) is 15.6 Å². The molecule has 7 nitrogen and oxygen atoms in total. The van der Waals surface area contributed by atoms with E-state index in [9.17, 15) is 9.59 Å². The molecule has 3 aromatic rings. The minimum atomic E-state index is -0.516. The summed E-state index contributed by atoms with van der Waals surface area (Å²) in [5.74, 6) is 1.03. The van der Waals surface area contributed by atoms with E-state index in [1.54, 1.807) is 12.1 Å². The first-order chi connectivity index (χ1) is 15.4. The lowest BCUT2D eigenvalue weighted by atomic mass is 10.1. The van der Waals surface area contributed by atoms with E-state index in [0.29, 0.717) is 22.3 Å². The molecule has 1 atom stereocenters. The summed E-state index contributed by atoms with van der Waals surface area (Å²) in [4.78, 5) is 31.4. The van der Waals surface area contributed by atoms with Gasteiger partial charge in [-0.3, -0.25) is 9.59 Å². The number of anilines is 2. The number of carbonyl (C=O) groups excluding carboxylic acids is 2. The van der Waals surface area contributed by atoms with Gasteiger partial charge in [0.15, 0.2) is 16.6 Å². The van der Waals surface area contributed by atoms with E-state index >= 15 is 0 Å². The van der Waals surface area contributed by atoms with Gasteiger partial charge in [-0.1, -0.05) is 17.7 Å². The Kier molecular flexibility index (Phi) is 5.71. The van der Waals surface area contributed by atoms with Gasteiger partial charge in [0.1, 0.15) is 0 Å². The van der Waals surface area contributed by atoms with Crippen LogP contribution in [0.5, 0.6) is 11.5 Å². The first-order valence-electron chi connectivity index (χ1n) is 9.86. The van der Waals surface area contributed by atoms with E-state index in [1.165, 1.54) is 23.1 Å². The molecule has 0 saturated heterocycles. The summed E-state index contributed by atoms with van der Waals surface area (Å²) in [6, 6.07) is 11.2. The molecule has 1 aromatic heterocycles. The number of thioether (sulfide) groups is 1. The van der Waals surface area contributed by atoms with Crippen LogP contribution < -0.4 is 20.1 Å². The average molecular weight is 488 g/mol. The molecule has 0 bridgehead atoms. The second-order valence-electron chi connectivity index (χ2n) is 7.38. The monoisotopic (exact) mass is 487 g/mol. The van der Waals surface area contributed by atoms with Gasteiger partial charge in [0.05, 0.1) is 16.6 Å². The maximum Gasteiger partial charge on any atom is 0.238 e. The Morgan fingerprint density at radius 3 is 2.97 bits per heavy atom. The lowest BCUT2D eigenvalue weighted by molar-refractivity contribution is -0.120. The second kappa shape index (κ2) is 8.65. The van der Waals surface area contributed by atoms with Crippen molar-refractivity contribution in [3.8, 4) is 11.5 Å². The zero-order valence-corrected chi connectivity index (χ0v) is 19.3. The highest BCUT2D eigenvalue weighted by Crippen LogP contribution is 2.38. The maximum atomic E-state index is 12.6. The van der Waals surface area contributed by atoms with Crippen molar-refractivity contribution >= 4 is 57.3 Å². The SMILES string of the molecule is Cc1nc(NC(=O)CC2Sc3ccc(Cl)cc3NC2=O)sc1Cc1ccc2c(c1)OCO2. The summed E-state index contributed by atoms with van der Waals surface area (Å²) in [5.41, 5.74) is 2.61. The predicted octanol–water partition coefficient (Wildman–Crippen LogP) is 4.87. The largest absolute Gasteiger partial charge is 0.454 e. The van der Waals surface area contributed by atoms with E-state index in [4.69, 9.17) is 21.1 Å². The number of rotatable bonds is 5. The van der Waals surface area contributed by atoms with Crippen LogP contribution in [0.2, 0.25) is 5.02 Å². The molecule has 2 amide bonds. The maximum absolute atomic E-state index is 12.6. The summed E-state index contributed by atoms with van der Waals surface area (Å²) >= 11 is 8.78. The van der Waals surface area contributed by atoms with Gasteiger partial charge in [-0.2, -0.15) is 0 Å². The van der Waals surface area contributed by atoms with Crippen molar-refractivity contribution in [2.75, 3.05) is 17.4 Å². The number of halogens is 1. The third-order valence-corrected chi connectivity index (χ3v) is 7.66. The second-order valence-corrected chi connectivity index (χ2v) is 10.1. The van der Waals surface area contributed by atoms with Crippen LogP contribution in [0.25, 0.3) is 0 Å². The molecule has 164 valence electrons. The lowest BCUT2D eigenvalue weighted by Gasteiger charge is -2.23. The quantitative estimate of drug-likeness (QED) is 0.534. The third-order valence-electron chi connectivity index (χ3n) is 5.07. The van der Waals surface area contributed by atoms with Gasteiger partial charge in [0.2, 0.25) is 18.6 Å². The van der Waals surface area contributed by atoms with Crippen molar-refractivity contribution in [1.82, 2.24) is 4.98 Å². The van der Waals surface area contributed by atoms with Crippen LogP contribution >= 0.6 is 34.7 Å². The Morgan fingerprint density at radius 1 is 1.25 bits per heavy atom. The normalized spacial score (nSPS) is 16.4. The van der Waals surface area contributed by atoms with Gasteiger partial charge in [-0.25, -0.2) is 4.98 Å². The molecule has 32 heavy (non-hydrogen) atoms. The topological polar surface area (TPSA) is 89.6 Å². The Hall–Kier alpha value is -2.75. The van der Waals surface area contributed by atoms with Crippen LogP contribution in [-0.4, -0.2) is 28.8 Å². The number of benzene rings is 2. The molecule has 0 fully saturated rings. The number of nitrogens with zero attached hydrogens (tertiary/aromatic N) is 1. The predicted molar refractivity (Wildman–Crippen MR) is 125 cm³/mol. The van der Waals surface area contributed by atoms with Gasteiger partial charge in [0.25, 0.3) is 0 Å². The number of amides is 2. The minimum Gasteiger partial charge on any atom is -0.454 e. The highest BCUT2D eigenvalue weighted by atomic mass is 35.5. The minimum absolute atomic E-state index is 0.0503.